The highest BCUT2D eigenvalue weighted by Gasteiger charge is 2.39. The molecule has 2 heterocycles. The average Bonchev–Trinajstić information content (AvgIpc) is 3.52. The maximum Gasteiger partial charge on any atom is 0.326 e. The van der Waals surface area contributed by atoms with Crippen LogP contribution in [0, 0.1) is 5.92 Å². The summed E-state index contributed by atoms with van der Waals surface area (Å²) in [6.45, 7) is 3.79. The third-order valence-electron chi connectivity index (χ3n) is 6.82. The van der Waals surface area contributed by atoms with Gasteiger partial charge in [0.25, 0.3) is 0 Å². The molecular weight excluding hydrogens is 492 g/mol. The maximum absolute atomic E-state index is 13.5. The van der Waals surface area contributed by atoms with E-state index in [1.54, 1.807) is 20.0 Å². The molecule has 12 heteroatoms. The first kappa shape index (κ1) is 28.6. The molecule has 1 fully saturated rings. The quantitative estimate of drug-likeness (QED) is 0.222. The first-order valence-electron chi connectivity index (χ1n) is 12.7. The fourth-order valence-electron chi connectivity index (χ4n) is 4.67. The van der Waals surface area contributed by atoms with Crippen LogP contribution in [0.5, 0.6) is 0 Å². The zero-order valence-electron chi connectivity index (χ0n) is 21.6. The molecule has 3 rings (SSSR count). The summed E-state index contributed by atoms with van der Waals surface area (Å²) in [5.41, 5.74) is 12.7. The van der Waals surface area contributed by atoms with E-state index in [0.717, 1.165) is 16.5 Å². The average molecular weight is 529 g/mol. The number of primary amides is 1. The van der Waals surface area contributed by atoms with Crippen molar-refractivity contribution in [1.29, 1.82) is 0 Å². The van der Waals surface area contributed by atoms with Crippen molar-refractivity contribution < 1.29 is 29.1 Å². The predicted octanol–water partition coefficient (Wildman–Crippen LogP) is 0.00440. The Morgan fingerprint density at radius 2 is 1.84 bits per heavy atom. The number of carbonyl (C=O) groups is 5. The van der Waals surface area contributed by atoms with Crippen molar-refractivity contribution in [1.82, 2.24) is 20.5 Å². The van der Waals surface area contributed by atoms with Crippen LogP contribution in [-0.2, 0) is 30.4 Å². The highest BCUT2D eigenvalue weighted by Crippen LogP contribution is 2.22. The molecule has 0 spiro atoms. The molecule has 0 bridgehead atoms. The van der Waals surface area contributed by atoms with Gasteiger partial charge in [-0.3, -0.25) is 19.2 Å². The molecule has 1 aromatic heterocycles. The van der Waals surface area contributed by atoms with E-state index in [2.05, 4.69) is 15.6 Å². The summed E-state index contributed by atoms with van der Waals surface area (Å²) >= 11 is 0. The third-order valence-corrected chi connectivity index (χ3v) is 6.82. The van der Waals surface area contributed by atoms with E-state index in [1.165, 1.54) is 4.90 Å². The molecule has 1 aliphatic rings. The number of hydrogen-bond donors (Lipinski definition) is 6. The van der Waals surface area contributed by atoms with Crippen LogP contribution in [-0.4, -0.2) is 75.3 Å². The van der Waals surface area contributed by atoms with E-state index in [9.17, 15) is 29.1 Å². The second-order valence-electron chi connectivity index (χ2n) is 9.99. The van der Waals surface area contributed by atoms with Crippen LogP contribution in [0.4, 0.5) is 0 Å². The molecule has 0 saturated carbocycles. The van der Waals surface area contributed by atoms with Gasteiger partial charge in [-0.05, 0) is 36.8 Å². The number of H-pyrrole nitrogens is 1. The lowest BCUT2D eigenvalue weighted by atomic mass is 9.99. The molecule has 1 saturated heterocycles. The lowest BCUT2D eigenvalue weighted by molar-refractivity contribution is -0.150. The number of para-hydroxylation sites is 1. The number of nitrogens with two attached hydrogens (primary N) is 2. The zero-order valence-corrected chi connectivity index (χ0v) is 21.6. The number of rotatable bonds is 12. The van der Waals surface area contributed by atoms with Gasteiger partial charge in [-0.2, -0.15) is 0 Å². The lowest BCUT2D eigenvalue weighted by Gasteiger charge is -2.30. The summed E-state index contributed by atoms with van der Waals surface area (Å²) in [6, 6.07) is 3.40. The molecule has 8 N–H and O–H groups in total. The highest BCUT2D eigenvalue weighted by molar-refractivity contribution is 5.95. The number of nitrogens with one attached hydrogen (secondary N) is 3. The lowest BCUT2D eigenvalue weighted by Crippen LogP contribution is -2.59. The van der Waals surface area contributed by atoms with Crippen molar-refractivity contribution in [2.45, 2.75) is 70.1 Å². The van der Waals surface area contributed by atoms with Crippen LogP contribution in [0.3, 0.4) is 0 Å². The van der Waals surface area contributed by atoms with Crippen LogP contribution in [0.15, 0.2) is 30.5 Å². The fraction of sp³-hybridized carbons (Fsp3) is 0.500. The monoisotopic (exact) mass is 528 g/mol. The number of likely N-dealkylation sites (tertiary alicyclic amines) is 1. The standard InChI is InChI=1S/C26H36N6O6/c1-14(2)22(25(36)32-11-5-8-20(32)26(37)38)31-24(35)19(30-23(34)17(27)9-10-21(28)33)12-15-13-29-18-7-4-3-6-16(15)18/h3-4,6-7,13-14,17,19-20,22,29H,5,8-12,27H2,1-2H3,(H2,28,33)(H,30,34)(H,31,35)(H,37,38). The van der Waals surface area contributed by atoms with Gasteiger partial charge in [0.05, 0.1) is 6.04 Å². The molecule has 2 aromatic rings. The Labute approximate surface area is 220 Å². The van der Waals surface area contributed by atoms with Crippen molar-refractivity contribution in [2.24, 2.45) is 17.4 Å². The van der Waals surface area contributed by atoms with Gasteiger partial charge in [0.2, 0.25) is 23.6 Å². The van der Waals surface area contributed by atoms with Gasteiger partial charge in [0.15, 0.2) is 0 Å². The Balaban J connectivity index is 1.83. The van der Waals surface area contributed by atoms with Crippen LogP contribution in [0.25, 0.3) is 10.9 Å². The predicted molar refractivity (Wildman–Crippen MR) is 139 cm³/mol. The second-order valence-corrected chi connectivity index (χ2v) is 9.99. The van der Waals surface area contributed by atoms with Crippen molar-refractivity contribution >= 4 is 40.5 Å². The minimum atomic E-state index is -1.09. The zero-order chi connectivity index (χ0) is 28.0. The van der Waals surface area contributed by atoms with Gasteiger partial charge in [-0.1, -0.05) is 32.0 Å². The van der Waals surface area contributed by atoms with Gasteiger partial charge in [0.1, 0.15) is 18.1 Å². The summed E-state index contributed by atoms with van der Waals surface area (Å²) in [7, 11) is 0. The van der Waals surface area contributed by atoms with E-state index < -0.39 is 53.8 Å². The second kappa shape index (κ2) is 12.5. The van der Waals surface area contributed by atoms with Crippen LogP contribution in [0.2, 0.25) is 0 Å². The minimum Gasteiger partial charge on any atom is -0.480 e. The molecular formula is C26H36N6O6. The number of nitrogens with zero attached hydrogens (tertiary/aromatic N) is 1. The Hall–Kier alpha value is -3.93. The molecule has 0 radical (unpaired) electrons. The number of carboxylic acid groups (broad SMARTS) is 1. The van der Waals surface area contributed by atoms with Crippen molar-refractivity contribution in [2.75, 3.05) is 6.54 Å². The van der Waals surface area contributed by atoms with Gasteiger partial charge < -0.3 is 37.1 Å². The van der Waals surface area contributed by atoms with E-state index in [-0.39, 0.29) is 25.2 Å². The normalized spacial score (nSPS) is 17.7. The summed E-state index contributed by atoms with van der Waals surface area (Å²) in [5.74, 6) is -3.74. The molecule has 1 aliphatic heterocycles. The van der Waals surface area contributed by atoms with Crippen LogP contribution in [0.1, 0.15) is 45.1 Å². The number of aliphatic carboxylic acids is 1. The Kier molecular flexibility index (Phi) is 9.45. The Bertz CT molecular complexity index is 1190. The first-order chi connectivity index (χ1) is 18.0. The molecule has 12 nitrogen and oxygen atoms in total. The summed E-state index contributed by atoms with van der Waals surface area (Å²) < 4.78 is 0. The smallest absolute Gasteiger partial charge is 0.326 e. The molecule has 4 amide bonds. The number of aromatic amines is 1. The molecule has 38 heavy (non-hydrogen) atoms. The Morgan fingerprint density at radius 3 is 2.50 bits per heavy atom. The first-order valence-corrected chi connectivity index (χ1v) is 12.7. The maximum atomic E-state index is 13.5. The topological polar surface area (TPSA) is 201 Å². The van der Waals surface area contributed by atoms with Gasteiger partial charge in [0, 0.05) is 36.5 Å². The summed E-state index contributed by atoms with van der Waals surface area (Å²) in [4.78, 5) is 66.9. The number of carbonyl (C=O) groups excluding carboxylic acids is 4. The van der Waals surface area contributed by atoms with Crippen molar-refractivity contribution in [3.05, 3.63) is 36.0 Å². The molecule has 4 atom stereocenters. The molecule has 206 valence electrons. The van der Waals surface area contributed by atoms with Gasteiger partial charge in [-0.25, -0.2) is 4.79 Å². The minimum absolute atomic E-state index is 0.0151. The number of carboxylic acids is 1. The number of amides is 4. The molecule has 1 aromatic carbocycles. The van der Waals surface area contributed by atoms with Crippen molar-refractivity contribution in [3.63, 3.8) is 0 Å². The fourth-order valence-corrected chi connectivity index (χ4v) is 4.67. The molecule has 0 aliphatic carbocycles. The number of fused-ring (bicyclic) bond motifs is 1. The Morgan fingerprint density at radius 1 is 1.13 bits per heavy atom. The highest BCUT2D eigenvalue weighted by atomic mass is 16.4. The summed E-state index contributed by atoms with van der Waals surface area (Å²) in [5, 5.41) is 15.8. The van der Waals surface area contributed by atoms with E-state index in [0.29, 0.717) is 19.4 Å². The third kappa shape index (κ3) is 6.88. The van der Waals surface area contributed by atoms with E-state index in [1.807, 2.05) is 24.3 Å². The molecule has 4 unspecified atom stereocenters. The van der Waals surface area contributed by atoms with Crippen LogP contribution < -0.4 is 22.1 Å². The SMILES string of the molecule is CC(C)C(NC(=O)C(Cc1c[nH]c2ccccc12)NC(=O)C(N)CCC(N)=O)C(=O)N1CCCC1C(=O)O. The van der Waals surface area contributed by atoms with Crippen molar-refractivity contribution in [3.8, 4) is 0 Å². The van der Waals surface area contributed by atoms with Crippen LogP contribution >= 0.6 is 0 Å². The number of aromatic nitrogens is 1. The number of benzene rings is 1. The van der Waals surface area contributed by atoms with E-state index >= 15 is 0 Å². The van der Waals surface area contributed by atoms with Gasteiger partial charge in [-0.15, -0.1) is 0 Å². The largest absolute Gasteiger partial charge is 0.480 e. The van der Waals surface area contributed by atoms with E-state index in [4.69, 9.17) is 11.5 Å². The van der Waals surface area contributed by atoms with Gasteiger partial charge >= 0.3 is 5.97 Å². The summed E-state index contributed by atoms with van der Waals surface area (Å²) in [6.07, 6.45) is 2.69. The number of hydrogen-bond acceptors (Lipinski definition) is 6.